The number of aryl methyl sites for hydroxylation is 1. The molecule has 4 aromatic heterocycles. The molecule has 0 unspecified atom stereocenters. The summed E-state index contributed by atoms with van der Waals surface area (Å²) in [5.74, 6) is 7.51. The van der Waals surface area contributed by atoms with Gasteiger partial charge in [-0.1, -0.05) is 0 Å². The lowest BCUT2D eigenvalue weighted by Gasteiger charge is -2.22. The lowest BCUT2D eigenvalue weighted by molar-refractivity contribution is 0.629. The van der Waals surface area contributed by atoms with Crippen molar-refractivity contribution < 1.29 is 0 Å². The smallest absolute Gasteiger partial charge is 0.157 e. The van der Waals surface area contributed by atoms with Crippen molar-refractivity contribution in [1.82, 2.24) is 14.4 Å². The Morgan fingerprint density at radius 3 is 2.48 bits per heavy atom. The van der Waals surface area contributed by atoms with E-state index in [2.05, 4.69) is 74.1 Å². The molecule has 0 radical (unpaired) electrons. The van der Waals surface area contributed by atoms with Crippen LogP contribution in [0, 0.1) is 18.8 Å². The van der Waals surface area contributed by atoms with Crippen LogP contribution in [0.5, 0.6) is 0 Å². The molecule has 4 nitrogen and oxygen atoms in total. The monoisotopic (exact) mass is 392 g/mol. The fourth-order valence-corrected chi connectivity index (χ4v) is 4.28. The van der Waals surface area contributed by atoms with Gasteiger partial charge in [0.05, 0.1) is 20.8 Å². The number of rotatable bonds is 2. The van der Waals surface area contributed by atoms with Crippen molar-refractivity contribution in [3.63, 3.8) is 0 Å². The molecule has 4 heterocycles. The Kier molecular flexibility index (Phi) is 4.50. The number of nitrogens with one attached hydrogen (secondary N) is 1. The van der Waals surface area contributed by atoms with E-state index in [1.165, 1.54) is 4.88 Å². The highest BCUT2D eigenvalue weighted by Crippen LogP contribution is 2.34. The van der Waals surface area contributed by atoms with E-state index in [1.807, 2.05) is 10.6 Å². The Morgan fingerprint density at radius 1 is 1.04 bits per heavy atom. The fourth-order valence-electron chi connectivity index (χ4n) is 2.71. The zero-order valence-corrected chi connectivity index (χ0v) is 17.3. The largest absolute Gasteiger partial charge is 0.365 e. The highest BCUT2D eigenvalue weighted by Gasteiger charge is 2.20. The maximum atomic E-state index is 4.80. The van der Waals surface area contributed by atoms with Crippen molar-refractivity contribution >= 4 is 34.1 Å². The molecule has 4 rings (SSSR count). The van der Waals surface area contributed by atoms with Gasteiger partial charge in [0.2, 0.25) is 0 Å². The van der Waals surface area contributed by atoms with E-state index in [0.717, 1.165) is 31.8 Å². The highest BCUT2D eigenvalue weighted by molar-refractivity contribution is 7.16. The molecule has 4 aromatic rings. The molecule has 0 aliphatic carbocycles. The molecule has 0 saturated carbocycles. The summed E-state index contributed by atoms with van der Waals surface area (Å²) in [6, 6.07) is 8.33. The third-order valence-electron chi connectivity index (χ3n) is 3.81. The first kappa shape index (κ1) is 17.8. The fraction of sp³-hybridized carbons (Fsp3) is 0.238. The van der Waals surface area contributed by atoms with Crippen LogP contribution < -0.4 is 5.32 Å². The van der Waals surface area contributed by atoms with Crippen LogP contribution in [-0.2, 0) is 0 Å². The predicted octanol–water partition coefficient (Wildman–Crippen LogP) is 5.44. The first-order valence-corrected chi connectivity index (χ1v) is 10.3. The topological polar surface area (TPSA) is 42.2 Å². The van der Waals surface area contributed by atoms with Gasteiger partial charge in [-0.3, -0.25) is 9.38 Å². The third kappa shape index (κ3) is 3.90. The number of hydrogen-bond donors (Lipinski definition) is 1. The highest BCUT2D eigenvalue weighted by atomic mass is 32.1. The molecule has 1 N–H and O–H groups in total. The summed E-state index contributed by atoms with van der Waals surface area (Å²) in [5.41, 5.74) is 1.68. The van der Waals surface area contributed by atoms with Gasteiger partial charge in [-0.15, -0.1) is 22.7 Å². The Hall–Kier alpha value is -2.62. The van der Waals surface area contributed by atoms with E-state index in [-0.39, 0.29) is 5.54 Å². The molecule has 0 aromatic carbocycles. The summed E-state index contributed by atoms with van der Waals surface area (Å²) in [4.78, 5) is 13.5. The second-order valence-corrected chi connectivity index (χ2v) is 9.68. The molecule has 6 heteroatoms. The van der Waals surface area contributed by atoms with Gasteiger partial charge in [0.25, 0.3) is 0 Å². The van der Waals surface area contributed by atoms with Crippen LogP contribution in [0.2, 0.25) is 0 Å². The molecule has 136 valence electrons. The average Bonchev–Trinajstić information content (AvgIpc) is 3.31. The van der Waals surface area contributed by atoms with Gasteiger partial charge < -0.3 is 5.32 Å². The van der Waals surface area contributed by atoms with Crippen LogP contribution >= 0.6 is 22.7 Å². The van der Waals surface area contributed by atoms with E-state index in [4.69, 9.17) is 4.98 Å². The van der Waals surface area contributed by atoms with Gasteiger partial charge in [0.15, 0.2) is 5.65 Å². The standard InChI is InChI=1S/C21H20N4S2/c1-14-5-6-15(26-14)7-8-16-9-10-17(27-16)19-20(24-21(2,3)4)25-12-11-22-13-18(25)23-19/h5-6,9-13,24H,1-4H3. The zero-order chi connectivity index (χ0) is 19.0. The minimum Gasteiger partial charge on any atom is -0.365 e. The summed E-state index contributed by atoms with van der Waals surface area (Å²) < 4.78 is 2.05. The second-order valence-electron chi connectivity index (χ2n) is 7.31. The lowest BCUT2D eigenvalue weighted by atomic mass is 10.1. The van der Waals surface area contributed by atoms with Gasteiger partial charge >= 0.3 is 0 Å². The SMILES string of the molecule is Cc1ccc(C#Cc2ccc(-c3nc4cnccn4c3NC(C)(C)C)s2)s1. The summed E-state index contributed by atoms with van der Waals surface area (Å²) >= 11 is 3.38. The molecule has 0 aliphatic heterocycles. The minimum absolute atomic E-state index is 0.0785. The summed E-state index contributed by atoms with van der Waals surface area (Å²) in [6.07, 6.45) is 5.50. The zero-order valence-electron chi connectivity index (χ0n) is 15.7. The predicted molar refractivity (Wildman–Crippen MR) is 115 cm³/mol. The molecule has 0 atom stereocenters. The van der Waals surface area contributed by atoms with Gasteiger partial charge in [0, 0.05) is 22.8 Å². The van der Waals surface area contributed by atoms with E-state index in [1.54, 1.807) is 35.1 Å². The van der Waals surface area contributed by atoms with Crippen molar-refractivity contribution in [3.8, 4) is 22.4 Å². The molecule has 0 bridgehead atoms. The maximum absolute atomic E-state index is 4.80. The second kappa shape index (κ2) is 6.84. The van der Waals surface area contributed by atoms with E-state index < -0.39 is 0 Å². The molecule has 0 spiro atoms. The number of thiophene rings is 2. The molecule has 0 amide bonds. The van der Waals surface area contributed by atoms with E-state index >= 15 is 0 Å². The van der Waals surface area contributed by atoms with Crippen molar-refractivity contribution in [2.75, 3.05) is 5.32 Å². The molecule has 27 heavy (non-hydrogen) atoms. The van der Waals surface area contributed by atoms with Gasteiger partial charge in [-0.25, -0.2) is 4.98 Å². The van der Waals surface area contributed by atoms with Crippen LogP contribution in [0.25, 0.3) is 16.2 Å². The van der Waals surface area contributed by atoms with Crippen LogP contribution in [0.4, 0.5) is 5.82 Å². The maximum Gasteiger partial charge on any atom is 0.157 e. The Balaban J connectivity index is 1.74. The minimum atomic E-state index is -0.0785. The molecule has 0 saturated heterocycles. The van der Waals surface area contributed by atoms with Crippen LogP contribution in [-0.4, -0.2) is 19.9 Å². The van der Waals surface area contributed by atoms with Crippen molar-refractivity contribution in [1.29, 1.82) is 0 Å². The van der Waals surface area contributed by atoms with Crippen molar-refractivity contribution in [2.24, 2.45) is 0 Å². The number of imidazole rings is 1. The first-order valence-electron chi connectivity index (χ1n) is 8.68. The summed E-state index contributed by atoms with van der Waals surface area (Å²) in [5, 5.41) is 3.59. The van der Waals surface area contributed by atoms with E-state index in [0.29, 0.717) is 0 Å². The van der Waals surface area contributed by atoms with Crippen molar-refractivity contribution in [3.05, 3.63) is 57.5 Å². The van der Waals surface area contributed by atoms with Gasteiger partial charge in [0.1, 0.15) is 11.5 Å². The van der Waals surface area contributed by atoms with Crippen LogP contribution in [0.1, 0.15) is 35.4 Å². The van der Waals surface area contributed by atoms with Gasteiger partial charge in [-0.05, 0) is 63.8 Å². The molecule has 0 aliphatic rings. The number of anilines is 1. The summed E-state index contributed by atoms with van der Waals surface area (Å²) in [6.45, 7) is 8.53. The van der Waals surface area contributed by atoms with Gasteiger partial charge in [-0.2, -0.15) is 0 Å². The Labute approximate surface area is 166 Å². The quantitative estimate of drug-likeness (QED) is 0.462. The third-order valence-corrected chi connectivity index (χ3v) is 5.74. The van der Waals surface area contributed by atoms with E-state index in [9.17, 15) is 0 Å². The summed E-state index contributed by atoms with van der Waals surface area (Å²) in [7, 11) is 0. The molecule has 0 fully saturated rings. The van der Waals surface area contributed by atoms with Crippen LogP contribution in [0.3, 0.4) is 0 Å². The van der Waals surface area contributed by atoms with Crippen LogP contribution in [0.15, 0.2) is 42.9 Å². The van der Waals surface area contributed by atoms with Crippen molar-refractivity contribution in [2.45, 2.75) is 33.2 Å². The lowest BCUT2D eigenvalue weighted by Crippen LogP contribution is -2.27. The number of nitrogens with zero attached hydrogens (tertiary/aromatic N) is 3. The number of hydrogen-bond acceptors (Lipinski definition) is 5. The normalized spacial score (nSPS) is 11.4. The Bertz CT molecular complexity index is 1160. The first-order chi connectivity index (χ1) is 12.9. The Morgan fingerprint density at radius 2 is 1.78 bits per heavy atom. The number of fused-ring (bicyclic) bond motifs is 1. The average molecular weight is 393 g/mol. The molecular weight excluding hydrogens is 372 g/mol. The molecular formula is C21H20N4S2. The number of aromatic nitrogens is 3.